The minimum absolute atomic E-state index is 0.240. The number of nitrogens with zero attached hydrogens (tertiary/aromatic N) is 1. The van der Waals surface area contributed by atoms with Gasteiger partial charge in [0.05, 0.1) is 17.2 Å². The van der Waals surface area contributed by atoms with Crippen LogP contribution in [0.3, 0.4) is 0 Å². The van der Waals surface area contributed by atoms with Crippen LogP contribution in [0, 0.1) is 11.3 Å². The number of rotatable bonds is 4. The fourth-order valence-electron chi connectivity index (χ4n) is 2.61. The van der Waals surface area contributed by atoms with E-state index in [2.05, 4.69) is 5.32 Å². The van der Waals surface area contributed by atoms with Crippen LogP contribution in [0.5, 0.6) is 0 Å². The highest BCUT2D eigenvalue weighted by Gasteiger charge is 2.42. The van der Waals surface area contributed by atoms with Gasteiger partial charge in [0.15, 0.2) is 12.2 Å². The molecule has 25 heavy (non-hydrogen) atoms. The minimum Gasteiger partial charge on any atom is -0.453 e. The van der Waals surface area contributed by atoms with Gasteiger partial charge in [-0.15, -0.1) is 0 Å². The van der Waals surface area contributed by atoms with E-state index in [1.165, 1.54) is 0 Å². The number of ether oxygens (including phenoxy) is 2. The normalized spacial score (nSPS) is 22.0. The molecule has 3 atom stereocenters. The highest BCUT2D eigenvalue weighted by Crippen LogP contribution is 2.19. The fraction of sp³-hybridized carbons (Fsp3) is 0.211. The molecule has 0 spiro atoms. The van der Waals surface area contributed by atoms with Gasteiger partial charge < -0.3 is 9.47 Å². The lowest BCUT2D eigenvalue weighted by molar-refractivity contribution is -0.0215. The van der Waals surface area contributed by atoms with E-state index in [4.69, 9.17) is 9.47 Å². The molecule has 1 fully saturated rings. The molecule has 0 aromatic heterocycles. The van der Waals surface area contributed by atoms with Gasteiger partial charge in [0.2, 0.25) is 0 Å². The Labute approximate surface area is 145 Å². The predicted octanol–water partition coefficient (Wildman–Crippen LogP) is 1.93. The Morgan fingerprint density at radius 3 is 1.96 bits per heavy atom. The molecule has 2 aromatic carbocycles. The van der Waals surface area contributed by atoms with E-state index >= 15 is 0 Å². The van der Waals surface area contributed by atoms with Crippen molar-refractivity contribution >= 4 is 11.9 Å². The molecule has 2 aromatic rings. The first kappa shape index (κ1) is 16.7. The van der Waals surface area contributed by atoms with Gasteiger partial charge in [0, 0.05) is 6.54 Å². The molecule has 126 valence electrons. The van der Waals surface area contributed by atoms with Crippen molar-refractivity contribution in [3.8, 4) is 6.07 Å². The Morgan fingerprint density at radius 1 is 0.920 bits per heavy atom. The molecule has 0 bridgehead atoms. The maximum absolute atomic E-state index is 12.3. The summed E-state index contributed by atoms with van der Waals surface area (Å²) in [6, 6.07) is 18.3. The molecule has 0 aliphatic carbocycles. The van der Waals surface area contributed by atoms with Gasteiger partial charge in [0.1, 0.15) is 6.04 Å². The monoisotopic (exact) mass is 338 g/mol. The topological polar surface area (TPSA) is 88.4 Å². The third kappa shape index (κ3) is 3.84. The van der Waals surface area contributed by atoms with Crippen molar-refractivity contribution in [3.05, 3.63) is 71.8 Å². The van der Waals surface area contributed by atoms with Crippen LogP contribution < -0.4 is 5.32 Å². The van der Waals surface area contributed by atoms with E-state index in [1.807, 2.05) is 6.07 Å². The van der Waals surface area contributed by atoms with Crippen LogP contribution in [0.25, 0.3) is 0 Å². The van der Waals surface area contributed by atoms with Gasteiger partial charge in [-0.25, -0.2) is 9.59 Å². The maximum atomic E-state index is 12.3. The number of esters is 2. The van der Waals surface area contributed by atoms with Crippen molar-refractivity contribution in [1.82, 2.24) is 5.32 Å². The molecule has 6 nitrogen and oxygen atoms in total. The Morgan fingerprint density at radius 2 is 1.44 bits per heavy atom. The Bertz CT molecular complexity index is 786. The van der Waals surface area contributed by atoms with E-state index in [0.717, 1.165) is 0 Å². The molecule has 6 heteroatoms. The van der Waals surface area contributed by atoms with Gasteiger partial charge in [0.25, 0.3) is 0 Å². The summed E-state index contributed by atoms with van der Waals surface area (Å²) in [6.07, 6.45) is -1.60. The second kappa shape index (κ2) is 7.60. The third-order valence-corrected chi connectivity index (χ3v) is 3.89. The lowest BCUT2D eigenvalue weighted by Crippen LogP contribution is -2.38. The van der Waals surface area contributed by atoms with Crippen LogP contribution >= 0.6 is 0 Å². The number of carbonyl (C=O) groups excluding carboxylic acids is 2. The molecule has 1 heterocycles. The molecule has 0 saturated carbocycles. The molecular formula is C19H16N2O4. The largest absolute Gasteiger partial charge is 0.453 e. The second-order valence-electron chi connectivity index (χ2n) is 5.56. The number of hydrogen-bond donors (Lipinski definition) is 1. The Kier molecular flexibility index (Phi) is 5.07. The maximum Gasteiger partial charge on any atom is 0.338 e. The fourth-order valence-corrected chi connectivity index (χ4v) is 2.61. The minimum atomic E-state index is -0.870. The van der Waals surface area contributed by atoms with Gasteiger partial charge in [-0.1, -0.05) is 36.4 Å². The Balaban J connectivity index is 1.71. The standard InChI is InChI=1S/C19H16N2O4/c20-11-15-17(25-19(23)14-9-5-2-6-10-14)16(12-21-15)24-18(22)13-7-3-1-4-8-13/h1-10,15-17,21H,12H2/t15-,16+,17+/m0/s1/i11+2. The van der Waals surface area contributed by atoms with Crippen molar-refractivity contribution in [3.63, 3.8) is 0 Å². The highest BCUT2D eigenvalue weighted by atomic mass is 16.6. The van der Waals surface area contributed by atoms with E-state index in [-0.39, 0.29) is 6.54 Å². The summed E-state index contributed by atoms with van der Waals surface area (Å²) in [7, 11) is 0. The SMILES string of the molecule is N#[14C][C@@H]1NC[C@@H](OC(=O)c2ccccc2)[C@@H]1OC(=O)c1ccccc1. The van der Waals surface area contributed by atoms with Gasteiger partial charge in [-0.3, -0.25) is 5.32 Å². The number of hydrogen-bond acceptors (Lipinski definition) is 6. The van der Waals surface area contributed by atoms with E-state index in [9.17, 15) is 14.9 Å². The van der Waals surface area contributed by atoms with Crippen LogP contribution in [0.15, 0.2) is 60.7 Å². The lowest BCUT2D eigenvalue weighted by Gasteiger charge is -2.21. The van der Waals surface area contributed by atoms with Crippen molar-refractivity contribution in [2.45, 2.75) is 18.2 Å². The summed E-state index contributed by atoms with van der Waals surface area (Å²) in [5.74, 6) is -1.08. The van der Waals surface area contributed by atoms with E-state index < -0.39 is 30.2 Å². The van der Waals surface area contributed by atoms with E-state index in [1.54, 1.807) is 60.7 Å². The van der Waals surface area contributed by atoms with Crippen LogP contribution in [0.1, 0.15) is 20.7 Å². The summed E-state index contributed by atoms with van der Waals surface area (Å²) >= 11 is 0. The summed E-state index contributed by atoms with van der Waals surface area (Å²) in [6.45, 7) is 0.240. The van der Waals surface area contributed by atoms with Crippen molar-refractivity contribution in [2.75, 3.05) is 6.54 Å². The molecule has 1 saturated heterocycles. The summed E-state index contributed by atoms with van der Waals surface area (Å²) in [5, 5.41) is 12.1. The molecule has 3 rings (SSSR count). The molecule has 0 amide bonds. The molecule has 1 aliphatic rings. The highest BCUT2D eigenvalue weighted by molar-refractivity contribution is 5.90. The Hall–Kier alpha value is -3.17. The molecular weight excluding hydrogens is 322 g/mol. The van der Waals surface area contributed by atoms with Crippen molar-refractivity contribution < 1.29 is 19.1 Å². The second-order valence-corrected chi connectivity index (χ2v) is 5.56. The van der Waals surface area contributed by atoms with Gasteiger partial charge in [-0.05, 0) is 24.3 Å². The number of carbonyl (C=O) groups is 2. The third-order valence-electron chi connectivity index (χ3n) is 3.89. The van der Waals surface area contributed by atoms with Gasteiger partial charge >= 0.3 is 11.9 Å². The number of nitrogens with one attached hydrogen (secondary N) is 1. The molecule has 1 aliphatic heterocycles. The number of benzene rings is 2. The molecule has 0 unspecified atom stereocenters. The molecule has 1 N–H and O–H groups in total. The first-order valence-electron chi connectivity index (χ1n) is 7.84. The van der Waals surface area contributed by atoms with Gasteiger partial charge in [-0.2, -0.15) is 5.26 Å². The number of nitriles is 1. The summed E-state index contributed by atoms with van der Waals surface area (Å²) in [4.78, 5) is 24.5. The average molecular weight is 338 g/mol. The average Bonchev–Trinajstić information content (AvgIpc) is 3.04. The summed E-state index contributed by atoms with van der Waals surface area (Å²) < 4.78 is 10.9. The first-order chi connectivity index (χ1) is 12.2. The van der Waals surface area contributed by atoms with Crippen LogP contribution in [-0.2, 0) is 9.47 Å². The summed E-state index contributed by atoms with van der Waals surface area (Å²) in [5.41, 5.74) is 0.773. The van der Waals surface area contributed by atoms with Crippen LogP contribution in [0.2, 0.25) is 0 Å². The predicted molar refractivity (Wildman–Crippen MR) is 88.7 cm³/mol. The molecule has 0 radical (unpaired) electrons. The van der Waals surface area contributed by atoms with Crippen molar-refractivity contribution in [2.24, 2.45) is 0 Å². The first-order valence-corrected chi connectivity index (χ1v) is 7.84. The zero-order valence-electron chi connectivity index (χ0n) is 13.3. The quantitative estimate of drug-likeness (QED) is 0.857. The van der Waals surface area contributed by atoms with Crippen LogP contribution in [-0.4, -0.2) is 36.7 Å². The van der Waals surface area contributed by atoms with E-state index in [0.29, 0.717) is 11.1 Å². The van der Waals surface area contributed by atoms with Crippen LogP contribution in [0.4, 0.5) is 0 Å². The zero-order chi connectivity index (χ0) is 17.6. The van der Waals surface area contributed by atoms with Crippen molar-refractivity contribution in [1.29, 1.82) is 5.26 Å². The zero-order valence-corrected chi connectivity index (χ0v) is 13.3. The smallest absolute Gasteiger partial charge is 0.338 e. The lowest BCUT2D eigenvalue weighted by atomic mass is 10.2.